The molecule has 0 aromatic heterocycles. The quantitative estimate of drug-likeness (QED) is 0.859. The number of aryl methyl sites for hydroxylation is 1. The molecule has 0 atom stereocenters. The molecule has 0 saturated carbocycles. The smallest absolute Gasteiger partial charge is 0.253 e. The van der Waals surface area contributed by atoms with Crippen LogP contribution in [0.15, 0.2) is 48.5 Å². The molecule has 2 aromatic carbocycles. The zero-order chi connectivity index (χ0) is 18.5. The van der Waals surface area contributed by atoms with Gasteiger partial charge in [0.05, 0.1) is 0 Å². The second kappa shape index (κ2) is 8.37. The van der Waals surface area contributed by atoms with Gasteiger partial charge in [0.1, 0.15) is 0 Å². The fourth-order valence-corrected chi connectivity index (χ4v) is 3.35. The van der Waals surface area contributed by atoms with E-state index in [0.717, 1.165) is 29.7 Å². The summed E-state index contributed by atoms with van der Waals surface area (Å²) in [5.74, 6) is 0.397. The first-order chi connectivity index (χ1) is 12.5. The average molecular weight is 371 g/mol. The van der Waals surface area contributed by atoms with Crippen molar-refractivity contribution >= 4 is 29.1 Å². The molecule has 0 bridgehead atoms. The number of nitrogens with one attached hydrogen (secondary N) is 1. The Labute approximate surface area is 159 Å². The largest absolute Gasteiger partial charge is 0.339 e. The number of hydrogen-bond acceptors (Lipinski definition) is 2. The number of likely N-dealkylation sites (tertiary alicyclic amines) is 1. The van der Waals surface area contributed by atoms with Crippen molar-refractivity contribution in [2.24, 2.45) is 5.92 Å². The molecule has 1 fully saturated rings. The maximum absolute atomic E-state index is 12.5. The number of carbonyl (C=O) groups is 2. The van der Waals surface area contributed by atoms with Crippen molar-refractivity contribution in [2.45, 2.75) is 26.2 Å². The molecule has 3 rings (SSSR count). The van der Waals surface area contributed by atoms with Crippen LogP contribution in [0.4, 0.5) is 5.69 Å². The van der Waals surface area contributed by atoms with Gasteiger partial charge in [-0.05, 0) is 62.1 Å². The first-order valence-electron chi connectivity index (χ1n) is 8.92. The molecule has 2 aromatic rings. The van der Waals surface area contributed by atoms with Crippen molar-refractivity contribution in [1.29, 1.82) is 0 Å². The van der Waals surface area contributed by atoms with E-state index in [1.807, 2.05) is 36.1 Å². The lowest BCUT2D eigenvalue weighted by atomic mass is 9.92. The zero-order valence-electron chi connectivity index (χ0n) is 14.9. The monoisotopic (exact) mass is 370 g/mol. The predicted octanol–water partition coefficient (Wildman–Crippen LogP) is 4.53. The molecule has 0 radical (unpaired) electrons. The van der Waals surface area contributed by atoms with Gasteiger partial charge in [0.2, 0.25) is 5.91 Å². The summed E-state index contributed by atoms with van der Waals surface area (Å²) in [5.41, 5.74) is 2.63. The molecule has 0 unspecified atom stereocenters. The van der Waals surface area contributed by atoms with Gasteiger partial charge in [0.25, 0.3) is 5.91 Å². The number of halogens is 1. The molecule has 136 valence electrons. The first kappa shape index (κ1) is 18.5. The number of rotatable bonds is 4. The molecule has 0 spiro atoms. The van der Waals surface area contributed by atoms with Crippen LogP contribution in [0.25, 0.3) is 0 Å². The van der Waals surface area contributed by atoms with Gasteiger partial charge in [-0.1, -0.05) is 29.3 Å². The van der Waals surface area contributed by atoms with Crippen LogP contribution in [0, 0.1) is 12.8 Å². The number of benzene rings is 2. The van der Waals surface area contributed by atoms with Crippen LogP contribution < -0.4 is 5.32 Å². The van der Waals surface area contributed by atoms with Gasteiger partial charge in [0, 0.05) is 35.8 Å². The topological polar surface area (TPSA) is 49.4 Å². The lowest BCUT2D eigenvalue weighted by Crippen LogP contribution is -2.39. The van der Waals surface area contributed by atoms with Gasteiger partial charge in [-0.15, -0.1) is 0 Å². The highest BCUT2D eigenvalue weighted by molar-refractivity contribution is 6.30. The third-order valence-corrected chi connectivity index (χ3v) is 5.05. The van der Waals surface area contributed by atoms with Crippen molar-refractivity contribution in [2.75, 3.05) is 18.4 Å². The Bertz CT molecular complexity index is 764. The Kier molecular flexibility index (Phi) is 5.94. The third-order valence-electron chi connectivity index (χ3n) is 4.80. The molecule has 2 amide bonds. The summed E-state index contributed by atoms with van der Waals surface area (Å²) in [6, 6.07) is 14.8. The maximum Gasteiger partial charge on any atom is 0.253 e. The molecular weight excluding hydrogens is 348 g/mol. The van der Waals surface area contributed by atoms with Crippen molar-refractivity contribution in [1.82, 2.24) is 4.90 Å². The second-order valence-electron chi connectivity index (χ2n) is 6.86. The van der Waals surface area contributed by atoms with E-state index in [4.69, 9.17) is 11.6 Å². The van der Waals surface area contributed by atoms with Crippen LogP contribution in [0.3, 0.4) is 0 Å². The Morgan fingerprint density at radius 3 is 2.27 bits per heavy atom. The van der Waals surface area contributed by atoms with Crippen LogP contribution >= 0.6 is 11.6 Å². The van der Waals surface area contributed by atoms with E-state index in [0.29, 0.717) is 30.5 Å². The number of anilines is 1. The molecule has 1 N–H and O–H groups in total. The minimum absolute atomic E-state index is 0.00985. The molecule has 26 heavy (non-hydrogen) atoms. The van der Waals surface area contributed by atoms with Crippen molar-refractivity contribution < 1.29 is 9.59 Å². The normalized spacial score (nSPS) is 14.9. The standard InChI is InChI=1S/C21H23ClN2O2/c1-15-2-4-17(5-3-15)21(26)24-12-10-16(11-13-24)14-20(25)23-19-8-6-18(22)7-9-19/h2-9,16H,10-14H2,1H3,(H,23,25). The minimum Gasteiger partial charge on any atom is -0.339 e. The molecule has 1 aliphatic rings. The first-order valence-corrected chi connectivity index (χ1v) is 9.30. The summed E-state index contributed by atoms with van der Waals surface area (Å²) >= 11 is 5.85. The number of carbonyl (C=O) groups excluding carboxylic acids is 2. The van der Waals surface area contributed by atoms with E-state index in [9.17, 15) is 9.59 Å². The average Bonchev–Trinajstić information content (AvgIpc) is 2.64. The van der Waals surface area contributed by atoms with Crippen LogP contribution in [0.2, 0.25) is 5.02 Å². The summed E-state index contributed by atoms with van der Waals surface area (Å²) < 4.78 is 0. The molecule has 1 aliphatic heterocycles. The summed E-state index contributed by atoms with van der Waals surface area (Å²) in [7, 11) is 0. The fraction of sp³-hybridized carbons (Fsp3) is 0.333. The highest BCUT2D eigenvalue weighted by Gasteiger charge is 2.25. The lowest BCUT2D eigenvalue weighted by Gasteiger charge is -2.31. The van der Waals surface area contributed by atoms with Gasteiger partial charge in [-0.25, -0.2) is 0 Å². The van der Waals surface area contributed by atoms with Crippen LogP contribution in [0.5, 0.6) is 0 Å². The van der Waals surface area contributed by atoms with E-state index in [1.165, 1.54) is 0 Å². The van der Waals surface area contributed by atoms with Crippen LogP contribution in [0.1, 0.15) is 35.2 Å². The van der Waals surface area contributed by atoms with E-state index in [-0.39, 0.29) is 11.8 Å². The van der Waals surface area contributed by atoms with Gasteiger partial charge >= 0.3 is 0 Å². The molecule has 1 saturated heterocycles. The van der Waals surface area contributed by atoms with Gasteiger partial charge < -0.3 is 10.2 Å². The molecular formula is C21H23ClN2O2. The van der Waals surface area contributed by atoms with Crippen molar-refractivity contribution in [3.8, 4) is 0 Å². The molecule has 5 heteroatoms. The highest BCUT2D eigenvalue weighted by atomic mass is 35.5. The molecule has 1 heterocycles. The summed E-state index contributed by atoms with van der Waals surface area (Å²) in [6.45, 7) is 3.41. The zero-order valence-corrected chi connectivity index (χ0v) is 15.6. The van der Waals surface area contributed by atoms with Crippen molar-refractivity contribution in [3.63, 3.8) is 0 Å². The third kappa shape index (κ3) is 4.85. The molecule has 0 aliphatic carbocycles. The summed E-state index contributed by atoms with van der Waals surface area (Å²) in [4.78, 5) is 26.6. The second-order valence-corrected chi connectivity index (χ2v) is 7.30. The summed E-state index contributed by atoms with van der Waals surface area (Å²) in [5, 5.41) is 3.55. The lowest BCUT2D eigenvalue weighted by molar-refractivity contribution is -0.117. The Morgan fingerprint density at radius 2 is 1.65 bits per heavy atom. The number of amides is 2. The molecule has 4 nitrogen and oxygen atoms in total. The number of piperidine rings is 1. The van der Waals surface area contributed by atoms with Gasteiger partial charge in [-0.3, -0.25) is 9.59 Å². The van der Waals surface area contributed by atoms with E-state index in [1.54, 1.807) is 24.3 Å². The Balaban J connectivity index is 1.47. The highest BCUT2D eigenvalue weighted by Crippen LogP contribution is 2.23. The van der Waals surface area contributed by atoms with Gasteiger partial charge in [-0.2, -0.15) is 0 Å². The minimum atomic E-state index is 0.00985. The van der Waals surface area contributed by atoms with Crippen LogP contribution in [-0.4, -0.2) is 29.8 Å². The predicted molar refractivity (Wildman–Crippen MR) is 105 cm³/mol. The van der Waals surface area contributed by atoms with Crippen LogP contribution in [-0.2, 0) is 4.79 Å². The fourth-order valence-electron chi connectivity index (χ4n) is 3.23. The summed E-state index contributed by atoms with van der Waals surface area (Å²) in [6.07, 6.45) is 2.19. The Morgan fingerprint density at radius 1 is 1.04 bits per heavy atom. The maximum atomic E-state index is 12.5. The van der Waals surface area contributed by atoms with E-state index >= 15 is 0 Å². The van der Waals surface area contributed by atoms with E-state index < -0.39 is 0 Å². The van der Waals surface area contributed by atoms with Gasteiger partial charge in [0.15, 0.2) is 0 Å². The van der Waals surface area contributed by atoms with E-state index in [2.05, 4.69) is 5.32 Å². The van der Waals surface area contributed by atoms with Crippen molar-refractivity contribution in [3.05, 3.63) is 64.7 Å². The number of nitrogens with zero attached hydrogens (tertiary/aromatic N) is 1. The Hall–Kier alpha value is -2.33. The SMILES string of the molecule is Cc1ccc(C(=O)N2CCC(CC(=O)Nc3ccc(Cl)cc3)CC2)cc1. The number of hydrogen-bond donors (Lipinski definition) is 1.